The molecule has 1 N–H and O–H groups in total. The predicted molar refractivity (Wildman–Crippen MR) is 126 cm³/mol. The maximum Gasteiger partial charge on any atom is 0.348 e. The Morgan fingerprint density at radius 3 is 2.62 bits per heavy atom. The number of hydrogen-bond donors (Lipinski definition) is 1. The Kier molecular flexibility index (Phi) is 6.58. The summed E-state index contributed by atoms with van der Waals surface area (Å²) in [5.74, 6) is -0.880. The van der Waals surface area contributed by atoms with E-state index < -0.39 is 5.97 Å². The number of carbonyl (C=O) groups excluding carboxylic acids is 2. The molecule has 164 valence electrons. The van der Waals surface area contributed by atoms with E-state index >= 15 is 0 Å². The van der Waals surface area contributed by atoms with E-state index in [4.69, 9.17) is 16.3 Å². The molecule has 32 heavy (non-hydrogen) atoms. The third kappa shape index (κ3) is 4.84. The van der Waals surface area contributed by atoms with E-state index in [1.54, 1.807) is 6.07 Å². The standard InChI is InChI=1S/C24H22ClN3O3S/c1-15(17-8-4-3-5-9-17)26-22(29)14-31-24(30)21-12-19-16(2)27-28(23(19)32-21)13-18-10-6-7-11-20(18)25/h3-12,15H,13-14H2,1-2H3,(H,26,29)/t15-/m1/s1. The number of fused-ring (bicyclic) bond motifs is 1. The number of nitrogens with zero attached hydrogens (tertiary/aromatic N) is 2. The Labute approximate surface area is 194 Å². The molecule has 2 aromatic carbocycles. The van der Waals surface area contributed by atoms with Gasteiger partial charge in [0.25, 0.3) is 5.91 Å². The van der Waals surface area contributed by atoms with Crippen LogP contribution in [0.1, 0.15) is 39.5 Å². The van der Waals surface area contributed by atoms with E-state index in [1.807, 2.05) is 73.1 Å². The number of halogens is 1. The lowest BCUT2D eigenvalue weighted by atomic mass is 10.1. The molecule has 2 heterocycles. The fourth-order valence-electron chi connectivity index (χ4n) is 3.42. The van der Waals surface area contributed by atoms with Crippen LogP contribution in [0, 0.1) is 6.92 Å². The quantitative estimate of drug-likeness (QED) is 0.382. The Morgan fingerprint density at radius 2 is 1.88 bits per heavy atom. The van der Waals surface area contributed by atoms with Crippen LogP contribution in [0.5, 0.6) is 0 Å². The highest BCUT2D eigenvalue weighted by atomic mass is 35.5. The van der Waals surface area contributed by atoms with Gasteiger partial charge in [-0.1, -0.05) is 60.1 Å². The van der Waals surface area contributed by atoms with Crippen molar-refractivity contribution in [3.05, 3.63) is 87.4 Å². The third-order valence-electron chi connectivity index (χ3n) is 5.10. The summed E-state index contributed by atoms with van der Waals surface area (Å²) < 4.78 is 7.09. The minimum Gasteiger partial charge on any atom is -0.451 e. The van der Waals surface area contributed by atoms with Crippen molar-refractivity contribution in [3.8, 4) is 0 Å². The van der Waals surface area contributed by atoms with Gasteiger partial charge in [-0.15, -0.1) is 11.3 Å². The van der Waals surface area contributed by atoms with E-state index in [0.29, 0.717) is 16.4 Å². The van der Waals surface area contributed by atoms with Crippen LogP contribution in [0.3, 0.4) is 0 Å². The number of ether oxygens (including phenoxy) is 1. The van der Waals surface area contributed by atoms with Gasteiger partial charge in [-0.2, -0.15) is 5.10 Å². The average molecular weight is 468 g/mol. The number of aryl methyl sites for hydroxylation is 1. The molecule has 0 saturated carbocycles. The topological polar surface area (TPSA) is 73.2 Å². The molecule has 0 aliphatic carbocycles. The van der Waals surface area contributed by atoms with Crippen LogP contribution < -0.4 is 5.32 Å². The van der Waals surface area contributed by atoms with Crippen LogP contribution in [0.2, 0.25) is 5.02 Å². The molecule has 0 aliphatic rings. The zero-order valence-electron chi connectivity index (χ0n) is 17.7. The molecular weight excluding hydrogens is 446 g/mol. The summed E-state index contributed by atoms with van der Waals surface area (Å²) in [6.45, 7) is 3.94. The lowest BCUT2D eigenvalue weighted by molar-refractivity contribution is -0.124. The fraction of sp³-hybridized carbons (Fsp3) is 0.208. The van der Waals surface area contributed by atoms with Gasteiger partial charge in [0.05, 0.1) is 18.3 Å². The van der Waals surface area contributed by atoms with Crippen molar-refractivity contribution < 1.29 is 14.3 Å². The highest BCUT2D eigenvalue weighted by Crippen LogP contribution is 2.30. The molecule has 0 aliphatic heterocycles. The molecule has 4 aromatic rings. The first-order valence-electron chi connectivity index (χ1n) is 10.1. The second-order valence-corrected chi connectivity index (χ2v) is 8.88. The number of amides is 1. The number of esters is 1. The molecule has 0 fully saturated rings. The molecule has 0 spiro atoms. The monoisotopic (exact) mass is 467 g/mol. The maximum atomic E-state index is 12.6. The summed E-state index contributed by atoms with van der Waals surface area (Å²) in [6.07, 6.45) is 0. The van der Waals surface area contributed by atoms with Crippen LogP contribution in [-0.2, 0) is 16.1 Å². The summed E-state index contributed by atoms with van der Waals surface area (Å²) in [7, 11) is 0. The van der Waals surface area contributed by atoms with Crippen LogP contribution in [-0.4, -0.2) is 28.3 Å². The Bertz CT molecular complexity index is 1270. The summed E-state index contributed by atoms with van der Waals surface area (Å²) in [5.41, 5.74) is 2.74. The molecular formula is C24H22ClN3O3S. The maximum absolute atomic E-state index is 12.6. The first-order valence-corrected chi connectivity index (χ1v) is 11.3. The third-order valence-corrected chi connectivity index (χ3v) is 6.60. The second kappa shape index (κ2) is 9.54. The lowest BCUT2D eigenvalue weighted by Crippen LogP contribution is -2.31. The molecule has 6 nitrogen and oxygen atoms in total. The van der Waals surface area contributed by atoms with Gasteiger partial charge in [0.1, 0.15) is 9.71 Å². The molecule has 2 aromatic heterocycles. The minimum absolute atomic E-state index is 0.176. The SMILES string of the molecule is Cc1nn(Cc2ccccc2Cl)c2sc(C(=O)OCC(=O)N[C@H](C)c3ccccc3)cc12. The molecule has 0 saturated heterocycles. The first-order chi connectivity index (χ1) is 15.4. The summed E-state index contributed by atoms with van der Waals surface area (Å²) in [5, 5.41) is 8.96. The summed E-state index contributed by atoms with van der Waals surface area (Å²) in [6, 6.07) is 18.8. The van der Waals surface area contributed by atoms with Gasteiger partial charge in [-0.25, -0.2) is 4.79 Å². The normalized spacial score (nSPS) is 12.0. The molecule has 0 radical (unpaired) electrons. The molecule has 0 bridgehead atoms. The number of carbonyl (C=O) groups is 2. The largest absolute Gasteiger partial charge is 0.451 e. The van der Waals surface area contributed by atoms with Gasteiger partial charge in [-0.3, -0.25) is 9.48 Å². The highest BCUT2D eigenvalue weighted by Gasteiger charge is 2.19. The van der Waals surface area contributed by atoms with E-state index in [-0.39, 0.29) is 18.6 Å². The van der Waals surface area contributed by atoms with Gasteiger partial charge in [0, 0.05) is 10.4 Å². The van der Waals surface area contributed by atoms with Crippen molar-refractivity contribution in [2.24, 2.45) is 0 Å². The van der Waals surface area contributed by atoms with Gasteiger partial charge in [0.15, 0.2) is 6.61 Å². The number of nitrogens with one attached hydrogen (secondary N) is 1. The van der Waals surface area contributed by atoms with E-state index in [1.165, 1.54) is 11.3 Å². The Hall–Kier alpha value is -3.16. The molecule has 1 atom stereocenters. The van der Waals surface area contributed by atoms with Gasteiger partial charge in [0.2, 0.25) is 0 Å². The summed E-state index contributed by atoms with van der Waals surface area (Å²) in [4.78, 5) is 26.1. The zero-order chi connectivity index (χ0) is 22.7. The Morgan fingerprint density at radius 1 is 1.16 bits per heavy atom. The van der Waals surface area contributed by atoms with Crippen LogP contribution in [0.25, 0.3) is 10.2 Å². The molecule has 8 heteroatoms. The van der Waals surface area contributed by atoms with E-state index in [9.17, 15) is 9.59 Å². The molecule has 4 rings (SSSR count). The van der Waals surface area contributed by atoms with Gasteiger partial charge in [-0.05, 0) is 37.1 Å². The van der Waals surface area contributed by atoms with E-state index in [0.717, 1.165) is 27.0 Å². The Balaban J connectivity index is 1.42. The molecule has 0 unspecified atom stereocenters. The number of aromatic nitrogens is 2. The van der Waals surface area contributed by atoms with Crippen LogP contribution in [0.15, 0.2) is 60.7 Å². The van der Waals surface area contributed by atoms with Crippen LogP contribution in [0.4, 0.5) is 0 Å². The van der Waals surface area contributed by atoms with Crippen molar-refractivity contribution in [2.45, 2.75) is 26.4 Å². The number of hydrogen-bond acceptors (Lipinski definition) is 5. The smallest absolute Gasteiger partial charge is 0.348 e. The van der Waals surface area contributed by atoms with Crippen molar-refractivity contribution >= 4 is 45.0 Å². The van der Waals surface area contributed by atoms with Crippen molar-refractivity contribution in [1.82, 2.24) is 15.1 Å². The predicted octanol–water partition coefficient (Wildman–Crippen LogP) is 5.14. The average Bonchev–Trinajstić information content (AvgIpc) is 3.35. The van der Waals surface area contributed by atoms with Crippen LogP contribution >= 0.6 is 22.9 Å². The number of rotatable bonds is 7. The number of thiophene rings is 1. The van der Waals surface area contributed by atoms with Crippen molar-refractivity contribution in [1.29, 1.82) is 0 Å². The van der Waals surface area contributed by atoms with Crippen molar-refractivity contribution in [2.75, 3.05) is 6.61 Å². The number of benzene rings is 2. The summed E-state index contributed by atoms with van der Waals surface area (Å²) >= 11 is 7.58. The molecule has 1 amide bonds. The first kappa shape index (κ1) is 22.0. The highest BCUT2D eigenvalue weighted by molar-refractivity contribution is 7.20. The van der Waals surface area contributed by atoms with Gasteiger partial charge < -0.3 is 10.1 Å². The minimum atomic E-state index is -0.530. The fourth-order valence-corrected chi connectivity index (χ4v) is 4.67. The van der Waals surface area contributed by atoms with Gasteiger partial charge >= 0.3 is 5.97 Å². The second-order valence-electron chi connectivity index (χ2n) is 7.44. The zero-order valence-corrected chi connectivity index (χ0v) is 19.2. The van der Waals surface area contributed by atoms with E-state index in [2.05, 4.69) is 10.4 Å². The lowest BCUT2D eigenvalue weighted by Gasteiger charge is -2.14. The van der Waals surface area contributed by atoms with Crippen molar-refractivity contribution in [3.63, 3.8) is 0 Å².